The van der Waals surface area contributed by atoms with Crippen molar-refractivity contribution in [2.24, 2.45) is 5.92 Å². The van der Waals surface area contributed by atoms with Gasteiger partial charge in [-0.3, -0.25) is 9.78 Å². The zero-order valence-corrected chi connectivity index (χ0v) is 18.5. The van der Waals surface area contributed by atoms with Crippen LogP contribution >= 0.6 is 0 Å². The number of benzene rings is 2. The lowest BCUT2D eigenvalue weighted by molar-refractivity contribution is -0.142. The van der Waals surface area contributed by atoms with E-state index in [1.54, 1.807) is 6.20 Å². The van der Waals surface area contributed by atoms with Crippen molar-refractivity contribution >= 4 is 5.91 Å². The minimum Gasteiger partial charge on any atom is -0.335 e. The first-order valence-corrected chi connectivity index (χ1v) is 11.8. The van der Waals surface area contributed by atoms with Gasteiger partial charge in [-0.1, -0.05) is 66.7 Å². The van der Waals surface area contributed by atoms with Gasteiger partial charge in [0.15, 0.2) is 0 Å². The first kappa shape index (κ1) is 20.9. The molecule has 0 N–H and O–H groups in total. The lowest BCUT2D eigenvalue weighted by atomic mass is 9.82. The first-order valence-electron chi connectivity index (χ1n) is 11.8. The maximum Gasteiger partial charge on any atom is 0.223 e. The highest BCUT2D eigenvalue weighted by Gasteiger charge is 2.39. The molecule has 2 atom stereocenters. The number of carbonyl (C=O) groups is 1. The Balaban J connectivity index is 1.30. The van der Waals surface area contributed by atoms with Crippen molar-refractivity contribution in [1.82, 2.24) is 14.8 Å². The van der Waals surface area contributed by atoms with Crippen LogP contribution in [0.25, 0.3) is 0 Å². The number of hydrogen-bond acceptors (Lipinski definition) is 3. The highest BCUT2D eigenvalue weighted by Crippen LogP contribution is 2.34. The van der Waals surface area contributed by atoms with Gasteiger partial charge in [-0.05, 0) is 41.5 Å². The molecule has 0 bridgehead atoms. The Bertz CT molecular complexity index is 969. The van der Waals surface area contributed by atoms with E-state index in [4.69, 9.17) is 0 Å². The first-order chi connectivity index (χ1) is 15.8. The van der Waals surface area contributed by atoms with Gasteiger partial charge >= 0.3 is 0 Å². The number of fused-ring (bicyclic) bond motifs is 1. The summed E-state index contributed by atoms with van der Waals surface area (Å²) < 4.78 is 0. The Morgan fingerprint density at radius 2 is 1.62 bits per heavy atom. The molecule has 2 saturated heterocycles. The summed E-state index contributed by atoms with van der Waals surface area (Å²) in [4.78, 5) is 21.8. The molecule has 164 valence electrons. The molecule has 0 aliphatic carbocycles. The van der Waals surface area contributed by atoms with Crippen LogP contribution in [0.15, 0.2) is 85.2 Å². The minimum absolute atomic E-state index is 0.301. The highest BCUT2D eigenvalue weighted by atomic mass is 16.2. The second kappa shape index (κ2) is 9.66. The van der Waals surface area contributed by atoms with Crippen LogP contribution < -0.4 is 0 Å². The quantitative estimate of drug-likeness (QED) is 0.573. The fourth-order valence-electron chi connectivity index (χ4n) is 5.52. The number of rotatable bonds is 6. The number of nitrogens with zero attached hydrogens (tertiary/aromatic N) is 3. The summed E-state index contributed by atoms with van der Waals surface area (Å²) in [6.07, 6.45) is 6.39. The van der Waals surface area contributed by atoms with Crippen LogP contribution in [0.4, 0.5) is 0 Å². The average Bonchev–Trinajstić information content (AvgIpc) is 2.86. The fourth-order valence-corrected chi connectivity index (χ4v) is 5.52. The van der Waals surface area contributed by atoms with Gasteiger partial charge in [0.05, 0.1) is 0 Å². The van der Waals surface area contributed by atoms with Crippen molar-refractivity contribution < 1.29 is 4.79 Å². The zero-order chi connectivity index (χ0) is 21.8. The Morgan fingerprint density at radius 1 is 0.906 bits per heavy atom. The van der Waals surface area contributed by atoms with Gasteiger partial charge in [0, 0.05) is 57.0 Å². The summed E-state index contributed by atoms with van der Waals surface area (Å²) in [6, 6.07) is 26.1. The molecule has 0 radical (unpaired) electrons. The number of carbonyl (C=O) groups excluding carboxylic acids is 1. The van der Waals surface area contributed by atoms with Gasteiger partial charge in [-0.15, -0.1) is 0 Å². The van der Waals surface area contributed by atoms with Crippen molar-refractivity contribution in [3.63, 3.8) is 0 Å². The van der Waals surface area contributed by atoms with E-state index in [1.807, 2.05) is 12.3 Å². The van der Waals surface area contributed by atoms with Gasteiger partial charge in [0.25, 0.3) is 0 Å². The number of likely N-dealkylation sites (tertiary alicyclic amines) is 2. The number of piperidine rings is 2. The molecule has 4 heteroatoms. The third-order valence-electron chi connectivity index (χ3n) is 7.15. The Labute approximate surface area is 190 Å². The molecule has 3 heterocycles. The molecule has 1 aromatic heterocycles. The van der Waals surface area contributed by atoms with Crippen molar-refractivity contribution in [2.45, 2.75) is 37.8 Å². The second-order valence-electron chi connectivity index (χ2n) is 9.17. The summed E-state index contributed by atoms with van der Waals surface area (Å²) in [6.45, 7) is 3.81. The maximum atomic E-state index is 12.8. The number of pyridine rings is 1. The fraction of sp³-hybridized carbons (Fsp3) is 0.357. The third kappa shape index (κ3) is 4.61. The molecular formula is C28H31N3O. The lowest BCUT2D eigenvalue weighted by Gasteiger charge is -2.47. The topological polar surface area (TPSA) is 36.4 Å². The van der Waals surface area contributed by atoms with E-state index < -0.39 is 0 Å². The molecule has 0 spiro atoms. The van der Waals surface area contributed by atoms with Gasteiger partial charge in [-0.25, -0.2) is 0 Å². The van der Waals surface area contributed by atoms with Crippen LogP contribution in [0.1, 0.15) is 41.9 Å². The SMILES string of the molecule is O=C1CC[C@@H]2CN(CC(c3ccccc3)c3ccccc3)CC[C@@H]2N1Cc1cccnc1. The predicted molar refractivity (Wildman–Crippen MR) is 127 cm³/mol. The standard InChI is InChI=1S/C28H31N3O/c32-28-14-13-25-20-30(17-15-27(25)31(28)19-22-8-7-16-29-18-22)21-26(23-9-3-1-4-10-23)24-11-5-2-6-12-24/h1-12,16,18,25-27H,13-15,17,19-21H2/t25-,27+/m1/s1. The van der Waals surface area contributed by atoms with E-state index in [0.717, 1.165) is 38.0 Å². The van der Waals surface area contributed by atoms with Crippen LogP contribution in [-0.2, 0) is 11.3 Å². The van der Waals surface area contributed by atoms with Crippen LogP contribution in [0.3, 0.4) is 0 Å². The number of amides is 1. The summed E-state index contributed by atoms with van der Waals surface area (Å²) in [5, 5.41) is 0. The van der Waals surface area contributed by atoms with E-state index in [-0.39, 0.29) is 0 Å². The van der Waals surface area contributed by atoms with E-state index >= 15 is 0 Å². The van der Waals surface area contributed by atoms with E-state index in [0.29, 0.717) is 36.8 Å². The Kier molecular flexibility index (Phi) is 6.31. The van der Waals surface area contributed by atoms with E-state index in [9.17, 15) is 4.79 Å². The molecule has 0 unspecified atom stereocenters. The van der Waals surface area contributed by atoms with Crippen LogP contribution in [0, 0.1) is 5.92 Å². The smallest absolute Gasteiger partial charge is 0.223 e. The van der Waals surface area contributed by atoms with Crippen LogP contribution in [-0.4, -0.2) is 46.4 Å². The maximum absolute atomic E-state index is 12.8. The molecular weight excluding hydrogens is 394 g/mol. The molecule has 3 aromatic rings. The number of aromatic nitrogens is 1. The minimum atomic E-state index is 0.301. The van der Waals surface area contributed by atoms with Crippen molar-refractivity contribution in [2.75, 3.05) is 19.6 Å². The second-order valence-corrected chi connectivity index (χ2v) is 9.17. The highest BCUT2D eigenvalue weighted by molar-refractivity contribution is 5.77. The van der Waals surface area contributed by atoms with Crippen LogP contribution in [0.5, 0.6) is 0 Å². The van der Waals surface area contributed by atoms with Gasteiger partial charge in [-0.2, -0.15) is 0 Å². The van der Waals surface area contributed by atoms with Crippen LogP contribution in [0.2, 0.25) is 0 Å². The van der Waals surface area contributed by atoms with Gasteiger partial charge in [0.1, 0.15) is 0 Å². The normalized spacial score (nSPS) is 21.5. The Hall–Kier alpha value is -2.98. The monoisotopic (exact) mass is 425 g/mol. The molecule has 2 fully saturated rings. The van der Waals surface area contributed by atoms with Crippen molar-refractivity contribution in [3.05, 3.63) is 102 Å². The Morgan fingerprint density at radius 3 is 2.28 bits per heavy atom. The van der Waals surface area contributed by atoms with Crippen molar-refractivity contribution in [3.8, 4) is 0 Å². The largest absolute Gasteiger partial charge is 0.335 e. The molecule has 1 amide bonds. The van der Waals surface area contributed by atoms with Gasteiger partial charge in [0.2, 0.25) is 5.91 Å². The van der Waals surface area contributed by atoms with Crippen molar-refractivity contribution in [1.29, 1.82) is 0 Å². The van der Waals surface area contributed by atoms with Gasteiger partial charge < -0.3 is 9.80 Å². The molecule has 2 aromatic carbocycles. The summed E-state index contributed by atoms with van der Waals surface area (Å²) in [5.74, 6) is 1.21. The molecule has 2 aliphatic rings. The predicted octanol–water partition coefficient (Wildman–Crippen LogP) is 4.73. The summed E-state index contributed by atoms with van der Waals surface area (Å²) in [7, 11) is 0. The van der Waals surface area contributed by atoms with E-state index in [1.165, 1.54) is 11.1 Å². The third-order valence-corrected chi connectivity index (χ3v) is 7.15. The molecule has 4 nitrogen and oxygen atoms in total. The molecule has 32 heavy (non-hydrogen) atoms. The number of hydrogen-bond donors (Lipinski definition) is 0. The molecule has 0 saturated carbocycles. The van der Waals surface area contributed by atoms with E-state index in [2.05, 4.69) is 81.5 Å². The zero-order valence-electron chi connectivity index (χ0n) is 18.5. The lowest BCUT2D eigenvalue weighted by Crippen LogP contribution is -2.56. The summed E-state index contributed by atoms with van der Waals surface area (Å²) in [5.41, 5.74) is 3.87. The molecule has 5 rings (SSSR count). The molecule has 2 aliphatic heterocycles. The summed E-state index contributed by atoms with van der Waals surface area (Å²) >= 11 is 0. The average molecular weight is 426 g/mol.